The molecule has 35 heavy (non-hydrogen) atoms. The van der Waals surface area contributed by atoms with E-state index in [1.165, 1.54) is 38.5 Å². The van der Waals surface area contributed by atoms with Gasteiger partial charge in [0.15, 0.2) is 11.5 Å². The van der Waals surface area contributed by atoms with E-state index in [4.69, 9.17) is 21.1 Å². The molecule has 1 N–H and O–H groups in total. The van der Waals surface area contributed by atoms with Crippen molar-refractivity contribution in [1.29, 1.82) is 0 Å². The van der Waals surface area contributed by atoms with Crippen molar-refractivity contribution >= 4 is 38.9 Å². The van der Waals surface area contributed by atoms with Crippen LogP contribution in [0.15, 0.2) is 65.6 Å². The van der Waals surface area contributed by atoms with Crippen LogP contribution in [0.25, 0.3) is 0 Å². The standard InChI is InChI=1S/C25H26ClFN2O5S/c1-16(2)17-5-7-18(8-6-17)28-25(30)15-29(19-9-11-22(27)21(26)13-19)35(31,32)20-10-12-23(33-3)24(14-20)34-4/h5-14,16H,15H2,1-4H3,(H,28,30). The highest BCUT2D eigenvalue weighted by Gasteiger charge is 2.29. The molecule has 0 aliphatic heterocycles. The molecule has 186 valence electrons. The predicted molar refractivity (Wildman–Crippen MR) is 135 cm³/mol. The molecule has 0 radical (unpaired) electrons. The lowest BCUT2D eigenvalue weighted by molar-refractivity contribution is -0.114. The lowest BCUT2D eigenvalue weighted by Gasteiger charge is -2.25. The molecule has 0 atom stereocenters. The van der Waals surface area contributed by atoms with E-state index in [-0.39, 0.29) is 21.4 Å². The van der Waals surface area contributed by atoms with Gasteiger partial charge in [0.2, 0.25) is 5.91 Å². The van der Waals surface area contributed by atoms with Crippen LogP contribution in [-0.4, -0.2) is 35.1 Å². The number of rotatable bonds is 9. The van der Waals surface area contributed by atoms with E-state index in [9.17, 15) is 17.6 Å². The third kappa shape index (κ3) is 6.04. The molecule has 0 aromatic heterocycles. The maximum absolute atomic E-state index is 13.8. The van der Waals surface area contributed by atoms with E-state index in [1.807, 2.05) is 12.1 Å². The quantitative estimate of drug-likeness (QED) is 0.405. The number of sulfonamides is 1. The highest BCUT2D eigenvalue weighted by molar-refractivity contribution is 7.92. The summed E-state index contributed by atoms with van der Waals surface area (Å²) in [5.74, 6) is -0.448. The van der Waals surface area contributed by atoms with Gasteiger partial charge in [0.05, 0.1) is 29.8 Å². The van der Waals surface area contributed by atoms with Gasteiger partial charge in [-0.25, -0.2) is 12.8 Å². The minimum absolute atomic E-state index is 0.0245. The van der Waals surface area contributed by atoms with Crippen LogP contribution in [0.4, 0.5) is 15.8 Å². The summed E-state index contributed by atoms with van der Waals surface area (Å²) in [6, 6.07) is 14.8. The molecule has 0 spiro atoms. The Labute approximate surface area is 209 Å². The van der Waals surface area contributed by atoms with Crippen molar-refractivity contribution in [2.24, 2.45) is 0 Å². The van der Waals surface area contributed by atoms with Crippen molar-refractivity contribution in [1.82, 2.24) is 0 Å². The van der Waals surface area contributed by atoms with Crippen molar-refractivity contribution in [3.05, 3.63) is 77.1 Å². The van der Waals surface area contributed by atoms with Crippen LogP contribution < -0.4 is 19.1 Å². The van der Waals surface area contributed by atoms with Gasteiger partial charge < -0.3 is 14.8 Å². The largest absolute Gasteiger partial charge is 0.493 e. The average Bonchev–Trinajstić information content (AvgIpc) is 2.84. The number of hydrogen-bond acceptors (Lipinski definition) is 5. The fourth-order valence-corrected chi connectivity index (χ4v) is 4.95. The molecule has 0 fully saturated rings. The van der Waals surface area contributed by atoms with E-state index in [0.29, 0.717) is 17.4 Å². The molecule has 0 unspecified atom stereocenters. The zero-order valence-electron chi connectivity index (χ0n) is 19.7. The monoisotopic (exact) mass is 520 g/mol. The Morgan fingerprint density at radius 1 is 1.00 bits per heavy atom. The molecule has 0 aliphatic carbocycles. The first-order chi connectivity index (χ1) is 16.6. The number of nitrogens with one attached hydrogen (secondary N) is 1. The van der Waals surface area contributed by atoms with E-state index in [2.05, 4.69) is 19.2 Å². The van der Waals surface area contributed by atoms with Gasteiger partial charge in [0.25, 0.3) is 10.0 Å². The molecule has 0 bridgehead atoms. The number of ether oxygens (including phenoxy) is 2. The summed E-state index contributed by atoms with van der Waals surface area (Å²) in [5, 5.41) is 2.42. The second kappa shape index (κ2) is 11.0. The lowest BCUT2D eigenvalue weighted by Crippen LogP contribution is -2.38. The van der Waals surface area contributed by atoms with Crippen LogP contribution in [0.1, 0.15) is 25.3 Å². The Bertz CT molecular complexity index is 1310. The fraction of sp³-hybridized carbons (Fsp3) is 0.240. The summed E-state index contributed by atoms with van der Waals surface area (Å²) >= 11 is 5.91. The number of carbonyl (C=O) groups excluding carboxylic acids is 1. The van der Waals surface area contributed by atoms with Gasteiger partial charge in [-0.05, 0) is 53.9 Å². The van der Waals surface area contributed by atoms with Crippen LogP contribution >= 0.6 is 11.6 Å². The molecule has 3 rings (SSSR count). The molecule has 10 heteroatoms. The van der Waals surface area contributed by atoms with E-state index in [0.717, 1.165) is 22.0 Å². The van der Waals surface area contributed by atoms with Crippen molar-refractivity contribution in [2.75, 3.05) is 30.4 Å². The van der Waals surface area contributed by atoms with Crippen molar-refractivity contribution in [2.45, 2.75) is 24.7 Å². The molecule has 0 saturated carbocycles. The maximum Gasteiger partial charge on any atom is 0.264 e. The van der Waals surface area contributed by atoms with Gasteiger partial charge in [-0.1, -0.05) is 37.6 Å². The molecule has 3 aromatic carbocycles. The van der Waals surface area contributed by atoms with E-state index < -0.39 is 28.3 Å². The molecule has 0 heterocycles. The topological polar surface area (TPSA) is 84.9 Å². The Hall–Kier alpha value is -3.30. The molecule has 3 aromatic rings. The fourth-order valence-electron chi connectivity index (χ4n) is 3.34. The second-order valence-corrected chi connectivity index (χ2v) is 10.2. The summed E-state index contributed by atoms with van der Waals surface area (Å²) < 4.78 is 52.3. The van der Waals surface area contributed by atoms with Crippen LogP contribution in [-0.2, 0) is 14.8 Å². The smallest absolute Gasteiger partial charge is 0.264 e. The molecule has 0 aliphatic rings. The van der Waals surface area contributed by atoms with Crippen LogP contribution in [0.2, 0.25) is 5.02 Å². The van der Waals surface area contributed by atoms with E-state index >= 15 is 0 Å². The number of amides is 1. The summed E-state index contributed by atoms with van der Waals surface area (Å²) in [6.07, 6.45) is 0. The third-order valence-corrected chi connectivity index (χ3v) is 7.34. The SMILES string of the molecule is COc1ccc(S(=O)(=O)N(CC(=O)Nc2ccc(C(C)C)cc2)c2ccc(F)c(Cl)c2)cc1OC. The van der Waals surface area contributed by atoms with Gasteiger partial charge in [-0.15, -0.1) is 0 Å². The zero-order valence-corrected chi connectivity index (χ0v) is 21.3. The van der Waals surface area contributed by atoms with Crippen molar-refractivity contribution in [3.63, 3.8) is 0 Å². The predicted octanol–water partition coefficient (Wildman–Crippen LogP) is 5.45. The lowest BCUT2D eigenvalue weighted by atomic mass is 10.0. The Balaban J connectivity index is 1.97. The summed E-state index contributed by atoms with van der Waals surface area (Å²) in [5.41, 5.74) is 1.64. The summed E-state index contributed by atoms with van der Waals surface area (Å²) in [7, 11) is -1.48. The molecule has 0 saturated heterocycles. The summed E-state index contributed by atoms with van der Waals surface area (Å²) in [4.78, 5) is 12.8. The summed E-state index contributed by atoms with van der Waals surface area (Å²) in [6.45, 7) is 3.53. The first-order valence-electron chi connectivity index (χ1n) is 10.7. The van der Waals surface area contributed by atoms with Crippen molar-refractivity contribution in [3.8, 4) is 11.5 Å². The molecule has 1 amide bonds. The van der Waals surface area contributed by atoms with Gasteiger partial charge in [0, 0.05) is 11.8 Å². The first-order valence-corrected chi connectivity index (χ1v) is 12.5. The van der Waals surface area contributed by atoms with Crippen LogP contribution in [0.5, 0.6) is 11.5 Å². The minimum atomic E-state index is -4.29. The van der Waals surface area contributed by atoms with Gasteiger partial charge in [0.1, 0.15) is 12.4 Å². The first kappa shape index (κ1) is 26.3. The second-order valence-electron chi connectivity index (χ2n) is 7.95. The Kier molecular flexibility index (Phi) is 8.24. The molecular formula is C25H26ClFN2O5S. The number of nitrogens with zero attached hydrogens (tertiary/aromatic N) is 1. The normalized spacial score (nSPS) is 11.3. The number of hydrogen-bond donors (Lipinski definition) is 1. The minimum Gasteiger partial charge on any atom is -0.493 e. The maximum atomic E-state index is 13.8. The van der Waals surface area contributed by atoms with E-state index in [1.54, 1.807) is 12.1 Å². The molecular weight excluding hydrogens is 495 g/mol. The van der Waals surface area contributed by atoms with Gasteiger partial charge in [-0.3, -0.25) is 9.10 Å². The number of methoxy groups -OCH3 is 2. The van der Waals surface area contributed by atoms with Crippen LogP contribution in [0, 0.1) is 5.82 Å². The number of benzene rings is 3. The average molecular weight is 521 g/mol. The number of carbonyl (C=O) groups is 1. The highest BCUT2D eigenvalue weighted by atomic mass is 35.5. The van der Waals surface area contributed by atoms with Crippen LogP contribution in [0.3, 0.4) is 0 Å². The number of anilines is 2. The zero-order chi connectivity index (χ0) is 25.8. The van der Waals surface area contributed by atoms with Gasteiger partial charge in [-0.2, -0.15) is 0 Å². The van der Waals surface area contributed by atoms with Crippen molar-refractivity contribution < 1.29 is 27.1 Å². The molecule has 7 nitrogen and oxygen atoms in total. The highest BCUT2D eigenvalue weighted by Crippen LogP contribution is 2.33. The third-order valence-electron chi connectivity index (χ3n) is 5.28. The Morgan fingerprint density at radius 2 is 1.66 bits per heavy atom. The van der Waals surface area contributed by atoms with Gasteiger partial charge >= 0.3 is 0 Å². The number of halogens is 2. The Morgan fingerprint density at radius 3 is 2.23 bits per heavy atom.